The van der Waals surface area contributed by atoms with Crippen LogP contribution in [0.5, 0.6) is 0 Å². The average Bonchev–Trinajstić information content (AvgIpc) is 0.786. The summed E-state index contributed by atoms with van der Waals surface area (Å²) in [5.41, 5.74) is 0. The highest BCUT2D eigenvalue weighted by atomic mass is 16.8. The highest BCUT2D eigenvalue weighted by molar-refractivity contribution is 5.76. The number of nitrogens with one attached hydrogen (secondary N) is 1. The van der Waals surface area contributed by atoms with E-state index in [0.29, 0.717) is 6.42 Å². The van der Waals surface area contributed by atoms with Gasteiger partial charge in [-0.3, -0.25) is 4.79 Å². The molecule has 0 spiro atoms. The van der Waals surface area contributed by atoms with Crippen molar-refractivity contribution in [3.05, 3.63) is 24.3 Å². The molecule has 3 rings (SSSR count). The Labute approximate surface area is 575 Å². The lowest BCUT2D eigenvalue weighted by Gasteiger charge is -2.48. The van der Waals surface area contributed by atoms with Gasteiger partial charge in [0.25, 0.3) is 0 Å². The topological polar surface area (TPSA) is 307 Å². The first-order valence-corrected chi connectivity index (χ1v) is 39.1. The maximum Gasteiger partial charge on any atom is 0.220 e. The van der Waals surface area contributed by atoms with Crippen molar-refractivity contribution in [3.8, 4) is 0 Å². The van der Waals surface area contributed by atoms with Gasteiger partial charge in [0.2, 0.25) is 5.91 Å². The van der Waals surface area contributed by atoms with E-state index in [4.69, 9.17) is 28.4 Å². The molecule has 12 N–H and O–H groups in total. The van der Waals surface area contributed by atoms with Gasteiger partial charge in [0, 0.05) is 6.42 Å². The number of rotatable bonds is 62. The number of aliphatic hydroxyl groups is 11. The van der Waals surface area contributed by atoms with Crippen molar-refractivity contribution in [2.45, 2.75) is 426 Å². The zero-order valence-corrected chi connectivity index (χ0v) is 59.7. The highest BCUT2D eigenvalue weighted by Crippen LogP contribution is 2.33. The average molecular weight is 1360 g/mol. The van der Waals surface area contributed by atoms with E-state index in [1.54, 1.807) is 6.08 Å². The summed E-state index contributed by atoms with van der Waals surface area (Å²) in [5, 5.41) is 121. The van der Waals surface area contributed by atoms with E-state index in [-0.39, 0.29) is 18.9 Å². The fourth-order valence-corrected chi connectivity index (χ4v) is 13.4. The Morgan fingerprint density at radius 1 is 0.368 bits per heavy atom. The normalized spacial score (nSPS) is 27.3. The molecule has 0 aromatic carbocycles. The minimum absolute atomic E-state index is 0.248. The molecule has 560 valence electrons. The predicted molar refractivity (Wildman–Crippen MR) is 374 cm³/mol. The van der Waals surface area contributed by atoms with Gasteiger partial charge in [-0.2, -0.15) is 0 Å². The largest absolute Gasteiger partial charge is 0.394 e. The van der Waals surface area contributed by atoms with Gasteiger partial charge in [-0.25, -0.2) is 0 Å². The SMILES string of the molecule is CCCCCCCCCC/C=C\CCCCCCCCCCCCCCCCCCCC(=O)NC(COC1OC(CO)C(OC2OC(CO)C(OC3OC(CO)C(O)C(O)C3O)C(O)C2O)C(O)C1O)C(O)/C=C/CCCCCCCCCCCCCCCCCCCCC. The van der Waals surface area contributed by atoms with Gasteiger partial charge in [-0.1, -0.05) is 295 Å². The van der Waals surface area contributed by atoms with Crippen LogP contribution in [0, 0.1) is 0 Å². The number of ether oxygens (including phenoxy) is 6. The molecule has 17 atom stereocenters. The lowest BCUT2D eigenvalue weighted by molar-refractivity contribution is -0.379. The van der Waals surface area contributed by atoms with Crippen LogP contribution in [0.4, 0.5) is 0 Å². The second-order valence-corrected chi connectivity index (χ2v) is 28.2. The number of allylic oxidation sites excluding steroid dienone is 3. The van der Waals surface area contributed by atoms with Crippen LogP contribution in [0.25, 0.3) is 0 Å². The third-order valence-corrected chi connectivity index (χ3v) is 19.7. The molecule has 17 unspecified atom stereocenters. The molecule has 0 aromatic rings. The molecule has 0 bridgehead atoms. The summed E-state index contributed by atoms with van der Waals surface area (Å²) in [7, 11) is 0. The summed E-state index contributed by atoms with van der Waals surface area (Å²) in [6, 6.07) is -0.971. The van der Waals surface area contributed by atoms with Gasteiger partial charge < -0.3 is 89.9 Å². The molecule has 19 nitrogen and oxygen atoms in total. The Bertz CT molecular complexity index is 1810. The molecule has 3 fully saturated rings. The number of carbonyl (C=O) groups is 1. The lowest BCUT2D eigenvalue weighted by Crippen LogP contribution is -2.66. The molecule has 3 aliphatic rings. The smallest absolute Gasteiger partial charge is 0.220 e. The number of carbonyl (C=O) groups excluding carboxylic acids is 1. The quantitative estimate of drug-likeness (QED) is 0.0199. The summed E-state index contributed by atoms with van der Waals surface area (Å²) in [6.07, 6.45) is 41.6. The number of hydrogen-bond donors (Lipinski definition) is 12. The molecule has 95 heavy (non-hydrogen) atoms. The van der Waals surface area contributed by atoms with Crippen LogP contribution in [-0.2, 0) is 33.2 Å². The fourth-order valence-electron chi connectivity index (χ4n) is 13.4. The Balaban J connectivity index is 1.38. The van der Waals surface area contributed by atoms with Crippen molar-refractivity contribution >= 4 is 5.91 Å². The van der Waals surface area contributed by atoms with Gasteiger partial charge in [-0.15, -0.1) is 0 Å². The van der Waals surface area contributed by atoms with Crippen LogP contribution in [0.1, 0.15) is 322 Å². The van der Waals surface area contributed by atoms with E-state index >= 15 is 0 Å². The van der Waals surface area contributed by atoms with E-state index < -0.39 is 124 Å². The lowest BCUT2D eigenvalue weighted by atomic mass is 9.96. The van der Waals surface area contributed by atoms with Crippen molar-refractivity contribution in [2.75, 3.05) is 26.4 Å². The third kappa shape index (κ3) is 38.8. The van der Waals surface area contributed by atoms with E-state index in [0.717, 1.165) is 44.9 Å². The van der Waals surface area contributed by atoms with Crippen molar-refractivity contribution in [1.82, 2.24) is 5.32 Å². The monoisotopic (exact) mass is 1360 g/mol. The number of hydrogen-bond acceptors (Lipinski definition) is 18. The summed E-state index contributed by atoms with van der Waals surface area (Å²) in [4.78, 5) is 13.5. The van der Waals surface area contributed by atoms with Gasteiger partial charge in [0.1, 0.15) is 73.2 Å². The molecule has 3 heterocycles. The van der Waals surface area contributed by atoms with E-state index in [9.17, 15) is 61.0 Å². The van der Waals surface area contributed by atoms with Gasteiger partial charge >= 0.3 is 0 Å². The molecule has 0 aliphatic carbocycles. The molecule has 0 saturated carbocycles. The van der Waals surface area contributed by atoms with E-state index in [1.165, 1.54) is 250 Å². The summed E-state index contributed by atoms with van der Waals surface area (Å²) in [6.45, 7) is 1.79. The number of unbranched alkanes of at least 4 members (excludes halogenated alkanes) is 44. The Kier molecular flexibility index (Phi) is 53.3. The Morgan fingerprint density at radius 2 is 0.663 bits per heavy atom. The van der Waals surface area contributed by atoms with Crippen LogP contribution in [0.3, 0.4) is 0 Å². The maximum absolute atomic E-state index is 13.5. The van der Waals surface area contributed by atoms with Crippen molar-refractivity contribution in [2.24, 2.45) is 0 Å². The van der Waals surface area contributed by atoms with Gasteiger partial charge in [0.15, 0.2) is 18.9 Å². The maximum atomic E-state index is 13.5. The Morgan fingerprint density at radius 3 is 1.02 bits per heavy atom. The summed E-state index contributed by atoms with van der Waals surface area (Å²) < 4.78 is 34.4. The van der Waals surface area contributed by atoms with Crippen molar-refractivity contribution in [1.29, 1.82) is 0 Å². The first-order chi connectivity index (χ1) is 46.3. The van der Waals surface area contributed by atoms with Crippen molar-refractivity contribution in [3.63, 3.8) is 0 Å². The van der Waals surface area contributed by atoms with Crippen LogP contribution in [0.2, 0.25) is 0 Å². The third-order valence-electron chi connectivity index (χ3n) is 19.7. The van der Waals surface area contributed by atoms with E-state index in [1.807, 2.05) is 6.08 Å². The molecule has 1 amide bonds. The van der Waals surface area contributed by atoms with Crippen LogP contribution >= 0.6 is 0 Å². The predicted octanol–water partition coefficient (Wildman–Crippen LogP) is 12.2. The van der Waals surface area contributed by atoms with Crippen LogP contribution < -0.4 is 5.32 Å². The first kappa shape index (κ1) is 87.5. The zero-order valence-electron chi connectivity index (χ0n) is 59.7. The van der Waals surface area contributed by atoms with Crippen LogP contribution in [0.15, 0.2) is 24.3 Å². The summed E-state index contributed by atoms with van der Waals surface area (Å²) in [5.74, 6) is -0.269. The fraction of sp³-hybridized carbons (Fsp3) is 0.934. The second kappa shape index (κ2) is 57.8. The standard InChI is InChI=1S/C76H143NO18/c1-3-5-7-9-11-13-15-17-19-21-23-25-26-27-28-29-30-31-32-34-36-38-40-42-44-46-48-50-52-54-64(82)77-59(60(81)53-51-49-47-45-43-41-39-37-35-33-24-22-20-18-16-14-12-10-8-6-4-2)58-90-74-70(88)67(85)72(62(56-79)92-74)95-76-71(89)68(86)73(63(57-80)93-76)94-75-69(87)66(84)65(83)61(55-78)91-75/h21,23,51,53,59-63,65-76,78-81,83-89H,3-20,22,24-50,52,54-58H2,1-2H3,(H,77,82)/b23-21-,53-51+. The second-order valence-electron chi connectivity index (χ2n) is 28.2. The first-order valence-electron chi connectivity index (χ1n) is 39.1. The molecule has 3 aliphatic heterocycles. The molecular weight excluding hydrogens is 1210 g/mol. The van der Waals surface area contributed by atoms with E-state index in [2.05, 4.69) is 31.3 Å². The molecule has 3 saturated heterocycles. The van der Waals surface area contributed by atoms with Crippen molar-refractivity contribution < 1.29 is 89.4 Å². The molecule has 0 aromatic heterocycles. The van der Waals surface area contributed by atoms with Gasteiger partial charge in [0.05, 0.1) is 38.6 Å². The summed E-state index contributed by atoms with van der Waals surface area (Å²) >= 11 is 0. The molecular formula is C76H143NO18. The number of amides is 1. The van der Waals surface area contributed by atoms with Gasteiger partial charge in [-0.05, 0) is 44.9 Å². The minimum Gasteiger partial charge on any atom is -0.394 e. The van der Waals surface area contributed by atoms with Crippen LogP contribution in [-0.4, -0.2) is 193 Å². The molecule has 0 radical (unpaired) electrons. The highest BCUT2D eigenvalue weighted by Gasteiger charge is 2.53. The number of aliphatic hydroxyl groups excluding tert-OH is 11. The molecule has 19 heteroatoms. The Hall–Kier alpha value is -1.73. The minimum atomic E-state index is -1.98. The zero-order chi connectivity index (χ0) is 68.9.